The topological polar surface area (TPSA) is 68.0 Å². The van der Waals surface area contributed by atoms with Gasteiger partial charge in [0.1, 0.15) is 0 Å². The van der Waals surface area contributed by atoms with Gasteiger partial charge in [-0.15, -0.1) is 5.10 Å². The highest BCUT2D eigenvalue weighted by molar-refractivity contribution is 5.85. The molecule has 1 aromatic rings. The molecule has 0 spiro atoms. The van der Waals surface area contributed by atoms with E-state index >= 15 is 0 Å². The van der Waals surface area contributed by atoms with Gasteiger partial charge >= 0.3 is 12.1 Å². The second-order valence-corrected chi connectivity index (χ2v) is 3.05. The summed E-state index contributed by atoms with van der Waals surface area (Å²) >= 11 is 0. The van der Waals surface area contributed by atoms with Crippen LogP contribution < -0.4 is 0 Å². The van der Waals surface area contributed by atoms with E-state index in [2.05, 4.69) is 10.3 Å². The molecule has 0 amide bonds. The van der Waals surface area contributed by atoms with Crippen molar-refractivity contribution in [3.63, 3.8) is 0 Å². The Morgan fingerprint density at radius 3 is 2.73 bits per heavy atom. The highest BCUT2D eigenvalue weighted by Gasteiger charge is 2.36. The maximum Gasteiger partial charge on any atom is 0.393 e. The molecule has 1 heterocycles. The summed E-state index contributed by atoms with van der Waals surface area (Å²) in [7, 11) is 0. The van der Waals surface area contributed by atoms with Gasteiger partial charge in [0.25, 0.3) is 0 Å². The standard InChI is InChI=1S/C7H8F3N3O2/c1-4(7(8,9)10)3-13-5(6(14)15)2-11-12-13/h2,4H,3H2,1H3,(H,14,15). The van der Waals surface area contributed by atoms with Crippen LogP contribution in [-0.4, -0.2) is 32.2 Å². The summed E-state index contributed by atoms with van der Waals surface area (Å²) in [6.07, 6.45) is -3.47. The van der Waals surface area contributed by atoms with Gasteiger partial charge in [-0.1, -0.05) is 12.1 Å². The van der Waals surface area contributed by atoms with Crippen LogP contribution in [0.4, 0.5) is 13.2 Å². The molecular weight excluding hydrogens is 215 g/mol. The lowest BCUT2D eigenvalue weighted by Gasteiger charge is -2.15. The van der Waals surface area contributed by atoms with Gasteiger partial charge in [0.2, 0.25) is 0 Å². The third-order valence-corrected chi connectivity index (χ3v) is 1.84. The first-order valence-corrected chi connectivity index (χ1v) is 4.01. The zero-order chi connectivity index (χ0) is 11.6. The Morgan fingerprint density at radius 2 is 2.27 bits per heavy atom. The molecule has 0 aromatic carbocycles. The zero-order valence-corrected chi connectivity index (χ0v) is 7.69. The molecule has 0 radical (unpaired) electrons. The zero-order valence-electron chi connectivity index (χ0n) is 7.69. The second-order valence-electron chi connectivity index (χ2n) is 3.05. The third kappa shape index (κ3) is 2.67. The molecule has 0 saturated heterocycles. The predicted octanol–water partition coefficient (Wildman–Crippen LogP) is 1.17. The third-order valence-electron chi connectivity index (χ3n) is 1.84. The van der Waals surface area contributed by atoms with Crippen LogP contribution in [0.3, 0.4) is 0 Å². The number of nitrogens with zero attached hydrogens (tertiary/aromatic N) is 3. The van der Waals surface area contributed by atoms with Crippen molar-refractivity contribution in [1.29, 1.82) is 0 Å². The largest absolute Gasteiger partial charge is 0.476 e. The number of hydrogen-bond donors (Lipinski definition) is 1. The molecule has 15 heavy (non-hydrogen) atoms. The average molecular weight is 223 g/mol. The monoisotopic (exact) mass is 223 g/mol. The quantitative estimate of drug-likeness (QED) is 0.835. The summed E-state index contributed by atoms with van der Waals surface area (Å²) in [5.41, 5.74) is -0.355. The highest BCUT2D eigenvalue weighted by atomic mass is 19.4. The number of halogens is 3. The van der Waals surface area contributed by atoms with Crippen molar-refractivity contribution in [2.45, 2.75) is 19.6 Å². The highest BCUT2D eigenvalue weighted by Crippen LogP contribution is 2.26. The fraction of sp³-hybridized carbons (Fsp3) is 0.571. The van der Waals surface area contributed by atoms with Gasteiger partial charge in [-0.25, -0.2) is 9.48 Å². The van der Waals surface area contributed by atoms with E-state index in [1.54, 1.807) is 0 Å². The molecule has 0 aliphatic carbocycles. The number of rotatable bonds is 3. The van der Waals surface area contributed by atoms with E-state index in [9.17, 15) is 18.0 Å². The van der Waals surface area contributed by atoms with Crippen molar-refractivity contribution < 1.29 is 23.1 Å². The van der Waals surface area contributed by atoms with Gasteiger partial charge in [0.15, 0.2) is 5.69 Å². The van der Waals surface area contributed by atoms with Crippen LogP contribution in [0.5, 0.6) is 0 Å². The molecule has 1 atom stereocenters. The molecule has 0 saturated carbocycles. The number of aromatic nitrogens is 3. The van der Waals surface area contributed by atoms with Crippen LogP contribution in [0, 0.1) is 5.92 Å². The Morgan fingerprint density at radius 1 is 1.67 bits per heavy atom. The van der Waals surface area contributed by atoms with E-state index in [-0.39, 0.29) is 5.69 Å². The molecule has 0 aliphatic rings. The molecule has 0 bridgehead atoms. The number of carboxylic acid groups (broad SMARTS) is 1. The van der Waals surface area contributed by atoms with E-state index in [0.717, 1.165) is 17.8 Å². The number of hydrogen-bond acceptors (Lipinski definition) is 3. The molecule has 1 N–H and O–H groups in total. The summed E-state index contributed by atoms with van der Waals surface area (Å²) in [5, 5.41) is 15.1. The van der Waals surface area contributed by atoms with Crippen molar-refractivity contribution >= 4 is 5.97 Å². The molecule has 1 rings (SSSR count). The maximum absolute atomic E-state index is 12.2. The van der Waals surface area contributed by atoms with Gasteiger partial charge < -0.3 is 5.11 Å². The van der Waals surface area contributed by atoms with Crippen LogP contribution in [0.25, 0.3) is 0 Å². The average Bonchev–Trinajstić information content (AvgIpc) is 2.50. The summed E-state index contributed by atoms with van der Waals surface area (Å²) in [5.74, 6) is -3.02. The number of carboxylic acids is 1. The van der Waals surface area contributed by atoms with Crippen molar-refractivity contribution in [3.05, 3.63) is 11.9 Å². The molecule has 1 aromatic heterocycles. The molecular formula is C7H8F3N3O2. The minimum atomic E-state index is -4.37. The van der Waals surface area contributed by atoms with E-state index in [1.807, 2.05) is 0 Å². The first-order valence-electron chi connectivity index (χ1n) is 4.01. The molecule has 5 nitrogen and oxygen atoms in total. The van der Waals surface area contributed by atoms with Crippen LogP contribution in [-0.2, 0) is 6.54 Å². The molecule has 0 fully saturated rings. The van der Waals surface area contributed by atoms with Crippen LogP contribution >= 0.6 is 0 Å². The Bertz CT molecular complexity index is 361. The van der Waals surface area contributed by atoms with Crippen molar-refractivity contribution in [2.75, 3.05) is 0 Å². The number of aromatic carboxylic acids is 1. The minimum Gasteiger partial charge on any atom is -0.476 e. The van der Waals surface area contributed by atoms with E-state index in [4.69, 9.17) is 5.11 Å². The molecule has 1 unspecified atom stereocenters. The SMILES string of the molecule is CC(Cn1nncc1C(=O)O)C(F)(F)F. The van der Waals surface area contributed by atoms with Gasteiger partial charge in [0, 0.05) is 0 Å². The van der Waals surface area contributed by atoms with Crippen molar-refractivity contribution in [2.24, 2.45) is 5.92 Å². The number of alkyl halides is 3. The van der Waals surface area contributed by atoms with Gasteiger partial charge in [-0.3, -0.25) is 0 Å². The Hall–Kier alpha value is -1.60. The van der Waals surface area contributed by atoms with E-state index < -0.39 is 24.6 Å². The predicted molar refractivity (Wildman–Crippen MR) is 42.2 cm³/mol. The fourth-order valence-electron chi connectivity index (χ4n) is 0.921. The Kier molecular flexibility index (Phi) is 2.96. The smallest absolute Gasteiger partial charge is 0.393 e. The lowest BCUT2D eigenvalue weighted by molar-refractivity contribution is -0.173. The summed E-state index contributed by atoms with van der Waals surface area (Å²) < 4.78 is 37.2. The summed E-state index contributed by atoms with van der Waals surface area (Å²) in [4.78, 5) is 10.5. The fourth-order valence-corrected chi connectivity index (χ4v) is 0.921. The second kappa shape index (κ2) is 3.87. The van der Waals surface area contributed by atoms with Crippen LogP contribution in [0.15, 0.2) is 6.20 Å². The van der Waals surface area contributed by atoms with Crippen molar-refractivity contribution in [1.82, 2.24) is 15.0 Å². The summed E-state index contributed by atoms with van der Waals surface area (Å²) in [6, 6.07) is 0. The summed E-state index contributed by atoms with van der Waals surface area (Å²) in [6.45, 7) is 0.401. The van der Waals surface area contributed by atoms with Crippen molar-refractivity contribution in [3.8, 4) is 0 Å². The van der Waals surface area contributed by atoms with Crippen LogP contribution in [0.1, 0.15) is 17.4 Å². The van der Waals surface area contributed by atoms with E-state index in [0.29, 0.717) is 0 Å². The number of carbonyl (C=O) groups is 1. The lowest BCUT2D eigenvalue weighted by Crippen LogP contribution is -2.26. The Balaban J connectivity index is 2.81. The first kappa shape index (κ1) is 11.5. The lowest BCUT2D eigenvalue weighted by atomic mass is 10.2. The minimum absolute atomic E-state index is 0.355. The maximum atomic E-state index is 12.2. The first-order chi connectivity index (χ1) is 6.82. The Labute approximate surface area is 82.5 Å². The molecule has 84 valence electrons. The van der Waals surface area contributed by atoms with Gasteiger partial charge in [0.05, 0.1) is 18.7 Å². The van der Waals surface area contributed by atoms with Crippen LogP contribution in [0.2, 0.25) is 0 Å². The molecule has 0 aliphatic heterocycles. The molecule has 8 heteroatoms. The van der Waals surface area contributed by atoms with Gasteiger partial charge in [-0.05, 0) is 0 Å². The normalized spacial score (nSPS) is 13.9. The van der Waals surface area contributed by atoms with E-state index in [1.165, 1.54) is 0 Å². The van der Waals surface area contributed by atoms with Gasteiger partial charge in [-0.2, -0.15) is 13.2 Å².